The van der Waals surface area contributed by atoms with E-state index in [9.17, 15) is 14.4 Å². The second-order valence-corrected chi connectivity index (χ2v) is 6.24. The van der Waals surface area contributed by atoms with Crippen LogP contribution in [-0.2, 0) is 16.8 Å². The Morgan fingerprint density at radius 3 is 2.79 bits per heavy atom. The first kappa shape index (κ1) is 14.7. The van der Waals surface area contributed by atoms with Crippen LogP contribution in [0.2, 0.25) is 0 Å². The van der Waals surface area contributed by atoms with Gasteiger partial charge < -0.3 is 10.3 Å². The molecule has 2 heterocycles. The van der Waals surface area contributed by atoms with Crippen molar-refractivity contribution in [3.8, 4) is 0 Å². The molecule has 1 aliphatic heterocycles. The number of hydrogen-bond donors (Lipinski definition) is 2. The van der Waals surface area contributed by atoms with Gasteiger partial charge in [0, 0.05) is 6.20 Å². The summed E-state index contributed by atoms with van der Waals surface area (Å²) in [6.45, 7) is -0.255. The van der Waals surface area contributed by atoms with Crippen molar-refractivity contribution in [2.24, 2.45) is 0 Å². The molecular formula is C18H17N3O3. The number of rotatable bonds is 3. The summed E-state index contributed by atoms with van der Waals surface area (Å²) >= 11 is 0. The lowest BCUT2D eigenvalue weighted by Crippen LogP contribution is -2.46. The summed E-state index contributed by atoms with van der Waals surface area (Å²) in [6, 6.07) is 10.5. The molecule has 1 atom stereocenters. The molecule has 2 aromatic rings. The van der Waals surface area contributed by atoms with Crippen LogP contribution in [0.15, 0.2) is 42.6 Å². The molecule has 1 aromatic carbocycles. The number of benzene rings is 1. The van der Waals surface area contributed by atoms with E-state index in [2.05, 4.69) is 10.3 Å². The van der Waals surface area contributed by atoms with Gasteiger partial charge >= 0.3 is 6.03 Å². The van der Waals surface area contributed by atoms with Gasteiger partial charge in [0.2, 0.25) is 0 Å². The van der Waals surface area contributed by atoms with Crippen LogP contribution in [0.1, 0.15) is 34.5 Å². The number of hydrogen-bond acceptors (Lipinski definition) is 3. The minimum absolute atomic E-state index is 0.255. The van der Waals surface area contributed by atoms with E-state index in [-0.39, 0.29) is 18.2 Å². The number of carbonyl (C=O) groups excluding carboxylic acids is 3. The zero-order chi connectivity index (χ0) is 16.7. The maximum atomic E-state index is 13.0. The molecule has 6 nitrogen and oxygen atoms in total. The van der Waals surface area contributed by atoms with Crippen LogP contribution in [0.5, 0.6) is 0 Å². The Hall–Kier alpha value is -2.89. The molecule has 0 radical (unpaired) electrons. The van der Waals surface area contributed by atoms with E-state index in [1.165, 1.54) is 0 Å². The van der Waals surface area contributed by atoms with Gasteiger partial charge in [-0.1, -0.05) is 24.3 Å². The maximum Gasteiger partial charge on any atom is 0.325 e. The number of amides is 3. The van der Waals surface area contributed by atoms with Gasteiger partial charge in [0.15, 0.2) is 5.78 Å². The van der Waals surface area contributed by atoms with Gasteiger partial charge in [-0.2, -0.15) is 0 Å². The molecule has 0 bridgehead atoms. The largest absolute Gasteiger partial charge is 0.359 e. The summed E-state index contributed by atoms with van der Waals surface area (Å²) in [5.41, 5.74) is 1.29. The third kappa shape index (κ3) is 2.06. The van der Waals surface area contributed by atoms with Crippen molar-refractivity contribution in [1.29, 1.82) is 0 Å². The fraction of sp³-hybridized carbons (Fsp3) is 0.278. The molecule has 4 rings (SSSR count). The first-order chi connectivity index (χ1) is 11.6. The molecule has 2 aliphatic rings. The summed E-state index contributed by atoms with van der Waals surface area (Å²) < 4.78 is 0. The summed E-state index contributed by atoms with van der Waals surface area (Å²) in [6.07, 6.45) is 3.91. The standard InChI is InChI=1S/C18H17N3O3/c22-15(14-8-4-10-19-14)11-21-16(23)18(20-17(21)24)9-3-6-12-5-1-2-7-13(12)18/h1-2,4-5,7-8,10,19H,3,6,9,11H2,(H,20,24)/t18-/m1/s1. The Bertz CT molecular complexity index is 828. The third-order valence-corrected chi connectivity index (χ3v) is 4.85. The Labute approximate surface area is 138 Å². The normalized spacial score (nSPS) is 22.6. The Balaban J connectivity index is 1.66. The zero-order valence-corrected chi connectivity index (χ0v) is 13.0. The second kappa shape index (κ2) is 5.33. The van der Waals surface area contributed by atoms with Gasteiger partial charge in [-0.15, -0.1) is 0 Å². The van der Waals surface area contributed by atoms with E-state index in [1.807, 2.05) is 24.3 Å². The lowest BCUT2D eigenvalue weighted by Gasteiger charge is -2.33. The number of imide groups is 1. The molecule has 1 fully saturated rings. The molecule has 122 valence electrons. The van der Waals surface area contributed by atoms with E-state index >= 15 is 0 Å². The molecule has 1 aromatic heterocycles. The minimum atomic E-state index is -1.03. The van der Waals surface area contributed by atoms with Crippen molar-refractivity contribution in [2.45, 2.75) is 24.8 Å². The number of aromatic amines is 1. The predicted molar refractivity (Wildman–Crippen MR) is 86.4 cm³/mol. The summed E-state index contributed by atoms with van der Waals surface area (Å²) in [7, 11) is 0. The molecule has 1 spiro atoms. The first-order valence-electron chi connectivity index (χ1n) is 8.01. The highest BCUT2D eigenvalue weighted by Gasteiger charge is 2.54. The van der Waals surface area contributed by atoms with Gasteiger partial charge in [0.05, 0.1) is 12.2 Å². The quantitative estimate of drug-likeness (QED) is 0.669. The Morgan fingerprint density at radius 1 is 1.17 bits per heavy atom. The monoisotopic (exact) mass is 323 g/mol. The fourth-order valence-electron chi connectivity index (χ4n) is 3.69. The molecule has 6 heteroatoms. The summed E-state index contributed by atoms with van der Waals surface area (Å²) in [4.78, 5) is 41.6. The van der Waals surface area contributed by atoms with Crippen molar-refractivity contribution in [1.82, 2.24) is 15.2 Å². The van der Waals surface area contributed by atoms with Gasteiger partial charge in [-0.05, 0) is 42.5 Å². The molecular weight excluding hydrogens is 306 g/mol. The number of ketones is 1. The molecule has 0 saturated carbocycles. The number of urea groups is 1. The van der Waals surface area contributed by atoms with Crippen LogP contribution in [-0.4, -0.2) is 34.2 Å². The second-order valence-electron chi connectivity index (χ2n) is 6.24. The first-order valence-corrected chi connectivity index (χ1v) is 8.01. The zero-order valence-electron chi connectivity index (χ0n) is 13.0. The van der Waals surface area contributed by atoms with Gasteiger partial charge in [-0.25, -0.2) is 4.79 Å². The highest BCUT2D eigenvalue weighted by atomic mass is 16.2. The minimum Gasteiger partial charge on any atom is -0.359 e. The number of nitrogens with one attached hydrogen (secondary N) is 2. The van der Waals surface area contributed by atoms with E-state index in [4.69, 9.17) is 0 Å². The van der Waals surface area contributed by atoms with Crippen LogP contribution in [0.25, 0.3) is 0 Å². The number of aryl methyl sites for hydroxylation is 1. The fourth-order valence-corrected chi connectivity index (χ4v) is 3.69. The van der Waals surface area contributed by atoms with Crippen LogP contribution in [0.4, 0.5) is 4.79 Å². The summed E-state index contributed by atoms with van der Waals surface area (Å²) in [5, 5.41) is 2.85. The SMILES string of the molecule is O=C(CN1C(=O)N[C@@]2(CCCc3ccccc32)C1=O)c1ccc[nH]1. The van der Waals surface area contributed by atoms with Crippen LogP contribution in [0, 0.1) is 0 Å². The van der Waals surface area contributed by atoms with E-state index in [0.29, 0.717) is 12.1 Å². The van der Waals surface area contributed by atoms with E-state index < -0.39 is 11.6 Å². The van der Waals surface area contributed by atoms with Gasteiger partial charge in [0.25, 0.3) is 5.91 Å². The van der Waals surface area contributed by atoms with E-state index in [0.717, 1.165) is 28.9 Å². The van der Waals surface area contributed by atoms with Crippen molar-refractivity contribution >= 4 is 17.7 Å². The third-order valence-electron chi connectivity index (χ3n) is 4.85. The number of H-pyrrole nitrogens is 1. The summed E-state index contributed by atoms with van der Waals surface area (Å²) in [5.74, 6) is -0.621. The highest BCUT2D eigenvalue weighted by Crippen LogP contribution is 2.39. The number of aromatic nitrogens is 1. The van der Waals surface area contributed by atoms with Crippen molar-refractivity contribution in [2.75, 3.05) is 6.54 Å². The van der Waals surface area contributed by atoms with Crippen molar-refractivity contribution in [3.05, 3.63) is 59.4 Å². The molecule has 1 aliphatic carbocycles. The number of fused-ring (bicyclic) bond motifs is 2. The molecule has 24 heavy (non-hydrogen) atoms. The van der Waals surface area contributed by atoms with Crippen molar-refractivity contribution in [3.63, 3.8) is 0 Å². The number of carbonyl (C=O) groups is 3. The van der Waals surface area contributed by atoms with E-state index in [1.54, 1.807) is 18.3 Å². The molecule has 1 saturated heterocycles. The smallest absolute Gasteiger partial charge is 0.325 e. The van der Waals surface area contributed by atoms with Crippen LogP contribution in [0.3, 0.4) is 0 Å². The average Bonchev–Trinajstić information content (AvgIpc) is 3.20. The highest BCUT2D eigenvalue weighted by molar-refractivity contribution is 6.11. The lowest BCUT2D eigenvalue weighted by atomic mass is 9.76. The van der Waals surface area contributed by atoms with Gasteiger partial charge in [-0.3, -0.25) is 14.5 Å². The van der Waals surface area contributed by atoms with Crippen LogP contribution < -0.4 is 5.32 Å². The van der Waals surface area contributed by atoms with Gasteiger partial charge in [0.1, 0.15) is 5.54 Å². The Kier molecular flexibility index (Phi) is 3.26. The number of nitrogens with zero attached hydrogens (tertiary/aromatic N) is 1. The number of Topliss-reactive ketones (excluding diaryl/α,β-unsaturated/α-hetero) is 1. The predicted octanol–water partition coefficient (Wildman–Crippen LogP) is 1.98. The lowest BCUT2D eigenvalue weighted by molar-refractivity contribution is -0.131. The maximum absolute atomic E-state index is 13.0. The average molecular weight is 323 g/mol. The molecule has 2 N–H and O–H groups in total. The van der Waals surface area contributed by atoms with Crippen LogP contribution >= 0.6 is 0 Å². The topological polar surface area (TPSA) is 82.3 Å². The molecule has 0 unspecified atom stereocenters. The molecule has 3 amide bonds. The Morgan fingerprint density at radius 2 is 2.00 bits per heavy atom. The van der Waals surface area contributed by atoms with Crippen molar-refractivity contribution < 1.29 is 14.4 Å².